The number of rotatable bonds is 3. The summed E-state index contributed by atoms with van der Waals surface area (Å²) >= 11 is 16.3. The molecular weight excluding hydrogens is 347 g/mol. The Hall–Kier alpha value is -0.700. The average molecular weight is 360 g/mol. The molecule has 2 aromatic rings. The maximum Gasteiger partial charge on any atom is 0.120 e. The summed E-state index contributed by atoms with van der Waals surface area (Å²) in [6.07, 6.45) is 0. The molecule has 2 rings (SSSR count). The first-order valence-electron chi connectivity index (χ1n) is 5.77. The van der Waals surface area contributed by atoms with Gasteiger partial charge in [0.05, 0.1) is 12.5 Å². The fourth-order valence-corrected chi connectivity index (χ4v) is 3.23. The zero-order chi connectivity index (χ0) is 14.0. The number of alkyl halides is 1. The molecule has 0 bridgehead atoms. The van der Waals surface area contributed by atoms with Crippen LogP contribution in [0.1, 0.15) is 22.1 Å². The van der Waals surface area contributed by atoms with Gasteiger partial charge in [-0.25, -0.2) is 0 Å². The lowest BCUT2D eigenvalue weighted by atomic mass is 10.00. The van der Waals surface area contributed by atoms with Gasteiger partial charge in [-0.05, 0) is 41.8 Å². The van der Waals surface area contributed by atoms with Crippen LogP contribution in [0.15, 0.2) is 40.9 Å². The third-order valence-electron chi connectivity index (χ3n) is 3.06. The number of hydrogen-bond donors (Lipinski definition) is 0. The van der Waals surface area contributed by atoms with E-state index in [0.29, 0.717) is 0 Å². The Bertz CT molecular complexity index is 599. The summed E-state index contributed by atoms with van der Waals surface area (Å²) in [6, 6.07) is 11.5. The predicted octanol–water partition coefficient (Wildman–Crippen LogP) is 5.75. The van der Waals surface area contributed by atoms with Crippen LogP contribution in [0.4, 0.5) is 0 Å². The van der Waals surface area contributed by atoms with Crippen LogP contribution in [0.5, 0.6) is 5.75 Å². The summed E-state index contributed by atoms with van der Waals surface area (Å²) < 4.78 is 6.11. The maximum absolute atomic E-state index is 6.58. The van der Waals surface area contributed by atoms with Crippen LogP contribution < -0.4 is 4.74 Å². The minimum atomic E-state index is -0.251. The summed E-state index contributed by atoms with van der Waals surface area (Å²) in [5.41, 5.74) is 3.01. The number of hydrogen-bond acceptors (Lipinski definition) is 1. The molecule has 19 heavy (non-hydrogen) atoms. The smallest absolute Gasteiger partial charge is 0.120 e. The first-order valence-corrected chi connectivity index (χ1v) is 7.38. The van der Waals surface area contributed by atoms with Gasteiger partial charge < -0.3 is 4.74 Å². The van der Waals surface area contributed by atoms with Crippen molar-refractivity contribution in [3.05, 3.63) is 62.6 Å². The van der Waals surface area contributed by atoms with Gasteiger partial charge in [0, 0.05) is 9.50 Å². The van der Waals surface area contributed by atoms with Gasteiger partial charge >= 0.3 is 0 Å². The van der Waals surface area contributed by atoms with Crippen molar-refractivity contribution in [2.45, 2.75) is 12.3 Å². The molecule has 0 radical (unpaired) electrons. The quantitative estimate of drug-likeness (QED) is 0.634. The van der Waals surface area contributed by atoms with E-state index in [0.717, 1.165) is 31.9 Å². The molecular formula is C15H13BrCl2O. The van der Waals surface area contributed by atoms with E-state index in [1.54, 1.807) is 7.11 Å². The van der Waals surface area contributed by atoms with E-state index in [1.165, 1.54) is 0 Å². The third-order valence-corrected chi connectivity index (χ3v) is 4.63. The second-order valence-corrected chi connectivity index (χ2v) is 5.90. The number of halogens is 3. The summed E-state index contributed by atoms with van der Waals surface area (Å²) in [4.78, 5) is 0. The molecule has 0 saturated heterocycles. The van der Waals surface area contributed by atoms with Gasteiger partial charge in [-0.2, -0.15) is 0 Å². The van der Waals surface area contributed by atoms with Gasteiger partial charge in [-0.15, -0.1) is 11.6 Å². The molecule has 1 atom stereocenters. The topological polar surface area (TPSA) is 9.23 Å². The van der Waals surface area contributed by atoms with Crippen LogP contribution in [0, 0.1) is 6.92 Å². The number of ether oxygens (including phenoxy) is 1. The van der Waals surface area contributed by atoms with E-state index in [9.17, 15) is 0 Å². The van der Waals surface area contributed by atoms with Gasteiger partial charge in [0.1, 0.15) is 5.75 Å². The normalized spacial score (nSPS) is 12.3. The highest BCUT2D eigenvalue weighted by Gasteiger charge is 2.17. The average Bonchev–Trinajstić information content (AvgIpc) is 2.41. The van der Waals surface area contributed by atoms with Crippen LogP contribution >= 0.6 is 39.1 Å². The second-order valence-electron chi connectivity index (χ2n) is 4.20. The molecule has 0 heterocycles. The standard InChI is InChI=1S/C15H13BrCl2O/c1-9-11(4-3-5-14(9)17)15(18)12-7-6-10(19-2)8-13(12)16/h3-8,15H,1-2H3. The van der Waals surface area contributed by atoms with Crippen LogP contribution in [0.25, 0.3) is 0 Å². The van der Waals surface area contributed by atoms with Crippen molar-refractivity contribution in [2.75, 3.05) is 7.11 Å². The fourth-order valence-electron chi connectivity index (χ4n) is 1.91. The van der Waals surface area contributed by atoms with E-state index in [-0.39, 0.29) is 5.38 Å². The van der Waals surface area contributed by atoms with Crippen molar-refractivity contribution in [3.8, 4) is 5.75 Å². The van der Waals surface area contributed by atoms with Crippen molar-refractivity contribution < 1.29 is 4.74 Å². The van der Waals surface area contributed by atoms with E-state index in [4.69, 9.17) is 27.9 Å². The Morgan fingerprint density at radius 2 is 1.89 bits per heavy atom. The molecule has 0 amide bonds. The first-order chi connectivity index (χ1) is 9.04. The highest BCUT2D eigenvalue weighted by Crippen LogP contribution is 2.38. The molecule has 0 N–H and O–H groups in total. The van der Waals surface area contributed by atoms with Crippen LogP contribution in [-0.2, 0) is 0 Å². The van der Waals surface area contributed by atoms with Crippen molar-refractivity contribution in [2.24, 2.45) is 0 Å². The zero-order valence-corrected chi connectivity index (χ0v) is 13.7. The Morgan fingerprint density at radius 3 is 2.53 bits per heavy atom. The minimum absolute atomic E-state index is 0.251. The highest BCUT2D eigenvalue weighted by molar-refractivity contribution is 9.10. The Labute approximate surface area is 131 Å². The molecule has 2 aromatic carbocycles. The van der Waals surface area contributed by atoms with Crippen molar-refractivity contribution in [3.63, 3.8) is 0 Å². The Kier molecular flexibility index (Phi) is 4.77. The van der Waals surface area contributed by atoms with Gasteiger partial charge in [0.2, 0.25) is 0 Å². The summed E-state index contributed by atoms with van der Waals surface area (Å²) in [6.45, 7) is 1.98. The Balaban J connectivity index is 2.44. The summed E-state index contributed by atoms with van der Waals surface area (Å²) in [5, 5.41) is 0.478. The lowest BCUT2D eigenvalue weighted by molar-refractivity contribution is 0.414. The zero-order valence-electron chi connectivity index (χ0n) is 10.6. The van der Waals surface area contributed by atoms with Crippen LogP contribution in [-0.4, -0.2) is 7.11 Å². The molecule has 0 aliphatic heterocycles. The fraction of sp³-hybridized carbons (Fsp3) is 0.200. The SMILES string of the molecule is COc1ccc(C(Cl)c2cccc(Cl)c2C)c(Br)c1. The van der Waals surface area contributed by atoms with Gasteiger partial charge in [0.25, 0.3) is 0 Å². The molecule has 1 nitrogen and oxygen atoms in total. The van der Waals surface area contributed by atoms with Gasteiger partial charge in [-0.3, -0.25) is 0 Å². The van der Waals surface area contributed by atoms with Crippen LogP contribution in [0.3, 0.4) is 0 Å². The van der Waals surface area contributed by atoms with E-state index in [2.05, 4.69) is 15.9 Å². The summed E-state index contributed by atoms with van der Waals surface area (Å²) in [7, 11) is 1.64. The largest absolute Gasteiger partial charge is 0.497 e. The lowest BCUT2D eigenvalue weighted by Crippen LogP contribution is -1.98. The van der Waals surface area contributed by atoms with Crippen LogP contribution in [0.2, 0.25) is 5.02 Å². The number of benzene rings is 2. The molecule has 0 saturated carbocycles. The van der Waals surface area contributed by atoms with E-state index >= 15 is 0 Å². The first kappa shape index (κ1) is 14.7. The minimum Gasteiger partial charge on any atom is -0.497 e. The highest BCUT2D eigenvalue weighted by atomic mass is 79.9. The third kappa shape index (κ3) is 3.07. The molecule has 0 spiro atoms. The van der Waals surface area contributed by atoms with E-state index in [1.807, 2.05) is 43.3 Å². The van der Waals surface area contributed by atoms with Gasteiger partial charge in [-0.1, -0.05) is 45.7 Å². The molecule has 100 valence electrons. The molecule has 0 fully saturated rings. The van der Waals surface area contributed by atoms with Crippen molar-refractivity contribution in [1.82, 2.24) is 0 Å². The number of methoxy groups -OCH3 is 1. The molecule has 4 heteroatoms. The van der Waals surface area contributed by atoms with Crippen molar-refractivity contribution in [1.29, 1.82) is 0 Å². The lowest BCUT2D eigenvalue weighted by Gasteiger charge is -2.16. The maximum atomic E-state index is 6.58. The summed E-state index contributed by atoms with van der Waals surface area (Å²) in [5.74, 6) is 0.794. The molecule has 1 unspecified atom stereocenters. The molecule has 0 aliphatic carbocycles. The van der Waals surface area contributed by atoms with Gasteiger partial charge in [0.15, 0.2) is 0 Å². The monoisotopic (exact) mass is 358 g/mol. The van der Waals surface area contributed by atoms with E-state index < -0.39 is 0 Å². The second kappa shape index (κ2) is 6.17. The van der Waals surface area contributed by atoms with Crippen molar-refractivity contribution >= 4 is 39.1 Å². The molecule has 0 aliphatic rings. The Morgan fingerprint density at radius 1 is 1.16 bits per heavy atom. The molecule has 0 aromatic heterocycles. The predicted molar refractivity (Wildman–Crippen MR) is 84.6 cm³/mol.